The molecule has 0 rings (SSSR count). The second-order valence-corrected chi connectivity index (χ2v) is 11.6. The quantitative estimate of drug-likeness (QED) is 0.0503. The maximum atomic E-state index is 12.1. The molecule has 1 atom stereocenters. The van der Waals surface area contributed by atoms with Crippen molar-refractivity contribution in [2.45, 2.75) is 180 Å². The normalized spacial score (nSPS) is 12.4. The first kappa shape index (κ1) is 39.4. The zero-order valence-electron chi connectivity index (χ0n) is 27.1. The average Bonchev–Trinajstić information content (AvgIpc) is 2.97. The summed E-state index contributed by atoms with van der Waals surface area (Å²) in [5.74, 6) is -0.605. The lowest BCUT2D eigenvalue weighted by molar-refractivity contribution is -0.161. The Morgan fingerprint density at radius 3 is 1.49 bits per heavy atom. The lowest BCUT2D eigenvalue weighted by atomic mass is 10.0. The molecule has 5 heteroatoms. The van der Waals surface area contributed by atoms with Gasteiger partial charge in [0, 0.05) is 12.8 Å². The summed E-state index contributed by atoms with van der Waals surface area (Å²) in [4.78, 5) is 24.1. The van der Waals surface area contributed by atoms with Crippen LogP contribution >= 0.6 is 0 Å². The second-order valence-electron chi connectivity index (χ2n) is 11.6. The van der Waals surface area contributed by atoms with E-state index in [0.717, 1.165) is 51.4 Å². The number of unbranched alkanes of at least 4 members (excludes halogenated alkanes) is 19. The predicted molar refractivity (Wildman–Crippen MR) is 173 cm³/mol. The minimum atomic E-state index is -0.770. The van der Waals surface area contributed by atoms with Gasteiger partial charge in [-0.3, -0.25) is 9.59 Å². The van der Waals surface area contributed by atoms with Gasteiger partial charge in [-0.2, -0.15) is 0 Å². The summed E-state index contributed by atoms with van der Waals surface area (Å²) in [5, 5.41) is 9.50. The zero-order valence-corrected chi connectivity index (χ0v) is 27.1. The van der Waals surface area contributed by atoms with E-state index in [2.05, 4.69) is 38.2 Å². The molecule has 0 aliphatic heterocycles. The summed E-state index contributed by atoms with van der Waals surface area (Å²) in [6.07, 6.45) is 36.5. The number of hydrogen-bond donors (Lipinski definition) is 1. The molecule has 0 saturated heterocycles. The Hall–Kier alpha value is -1.62. The summed E-state index contributed by atoms with van der Waals surface area (Å²) < 4.78 is 10.5. The first-order valence-corrected chi connectivity index (χ1v) is 17.4. The summed E-state index contributed by atoms with van der Waals surface area (Å²) in [6.45, 7) is 4.08. The molecule has 0 fully saturated rings. The molecule has 240 valence electrons. The van der Waals surface area contributed by atoms with Crippen LogP contribution in [0, 0.1) is 0 Å². The van der Waals surface area contributed by atoms with Gasteiger partial charge in [0.2, 0.25) is 0 Å². The van der Waals surface area contributed by atoms with Gasteiger partial charge in [0.1, 0.15) is 6.61 Å². The van der Waals surface area contributed by atoms with Gasteiger partial charge in [-0.15, -0.1) is 0 Å². The van der Waals surface area contributed by atoms with Gasteiger partial charge in [0.15, 0.2) is 6.10 Å². The van der Waals surface area contributed by atoms with E-state index in [-0.39, 0.29) is 25.2 Å². The molecule has 0 saturated carbocycles. The first-order valence-electron chi connectivity index (χ1n) is 17.4. The van der Waals surface area contributed by atoms with Crippen LogP contribution in [0.15, 0.2) is 24.3 Å². The highest BCUT2D eigenvalue weighted by atomic mass is 16.6. The van der Waals surface area contributed by atoms with Crippen molar-refractivity contribution in [3.05, 3.63) is 24.3 Å². The van der Waals surface area contributed by atoms with Crippen LogP contribution in [0.25, 0.3) is 0 Å². The number of ether oxygens (including phenoxy) is 2. The summed E-state index contributed by atoms with van der Waals surface area (Å²) in [7, 11) is 0. The van der Waals surface area contributed by atoms with Gasteiger partial charge >= 0.3 is 11.9 Å². The highest BCUT2D eigenvalue weighted by molar-refractivity contribution is 5.70. The molecule has 0 heterocycles. The first-order chi connectivity index (χ1) is 20.1. The van der Waals surface area contributed by atoms with Gasteiger partial charge in [-0.25, -0.2) is 0 Å². The molecule has 0 bridgehead atoms. The minimum absolute atomic E-state index is 0.0697. The number of rotatable bonds is 31. The molecule has 5 nitrogen and oxygen atoms in total. The van der Waals surface area contributed by atoms with Crippen LogP contribution in [0.3, 0.4) is 0 Å². The van der Waals surface area contributed by atoms with E-state index in [1.165, 1.54) is 96.3 Å². The molecule has 0 aromatic carbocycles. The third kappa shape index (κ3) is 31.2. The smallest absolute Gasteiger partial charge is 0.306 e. The third-order valence-corrected chi connectivity index (χ3v) is 7.50. The Kier molecular flexibility index (Phi) is 31.6. The van der Waals surface area contributed by atoms with Crippen molar-refractivity contribution in [3.8, 4) is 0 Å². The molecule has 0 amide bonds. The molecular weight excluding hydrogens is 512 g/mol. The second kappa shape index (κ2) is 32.9. The fraction of sp³-hybridized carbons (Fsp3) is 0.833. The Bertz CT molecular complexity index is 627. The van der Waals surface area contributed by atoms with E-state index in [4.69, 9.17) is 9.47 Å². The molecule has 1 N–H and O–H groups in total. The van der Waals surface area contributed by atoms with Gasteiger partial charge in [0.25, 0.3) is 0 Å². The molecule has 0 aliphatic rings. The van der Waals surface area contributed by atoms with Crippen molar-refractivity contribution < 1.29 is 24.2 Å². The fourth-order valence-corrected chi connectivity index (χ4v) is 4.82. The van der Waals surface area contributed by atoms with Crippen LogP contribution in [0.5, 0.6) is 0 Å². The molecule has 0 radical (unpaired) electrons. The average molecular weight is 579 g/mol. The van der Waals surface area contributed by atoms with Crippen LogP contribution in [-0.4, -0.2) is 36.4 Å². The summed E-state index contributed by atoms with van der Waals surface area (Å²) >= 11 is 0. The maximum Gasteiger partial charge on any atom is 0.306 e. The number of carbonyl (C=O) groups excluding carboxylic acids is 2. The van der Waals surface area contributed by atoms with E-state index in [1.54, 1.807) is 0 Å². The van der Waals surface area contributed by atoms with Crippen molar-refractivity contribution in [2.24, 2.45) is 0 Å². The highest BCUT2D eigenvalue weighted by Crippen LogP contribution is 2.13. The van der Waals surface area contributed by atoms with Crippen molar-refractivity contribution in [1.29, 1.82) is 0 Å². The number of aliphatic hydroxyl groups excluding tert-OH is 1. The highest BCUT2D eigenvalue weighted by Gasteiger charge is 2.16. The number of hydrogen-bond acceptors (Lipinski definition) is 5. The fourth-order valence-electron chi connectivity index (χ4n) is 4.82. The van der Waals surface area contributed by atoms with E-state index >= 15 is 0 Å². The van der Waals surface area contributed by atoms with Crippen molar-refractivity contribution in [3.63, 3.8) is 0 Å². The van der Waals surface area contributed by atoms with E-state index < -0.39 is 6.10 Å². The zero-order chi connectivity index (χ0) is 30.1. The van der Waals surface area contributed by atoms with Gasteiger partial charge in [-0.05, 0) is 44.9 Å². The molecule has 0 aromatic heterocycles. The minimum Gasteiger partial charge on any atom is -0.462 e. The summed E-state index contributed by atoms with van der Waals surface area (Å²) in [5.41, 5.74) is 0. The van der Waals surface area contributed by atoms with E-state index in [0.29, 0.717) is 12.8 Å². The predicted octanol–water partition coefficient (Wildman–Crippen LogP) is 10.3. The standard InChI is InChI=1S/C36H66O5/c1-3-5-7-9-11-13-15-17-18-19-21-22-24-26-28-30-35(38)40-33-34(32-37)41-36(39)31-29-27-25-23-20-16-14-12-10-8-6-4-2/h11,13,17-18,34,37H,3-10,12,14-16,19-33H2,1-2H3/b13-11+,18-17+/t34-/m0/s1. The number of aliphatic hydroxyl groups is 1. The Balaban J connectivity index is 3.59. The van der Waals surface area contributed by atoms with Crippen molar-refractivity contribution >= 4 is 11.9 Å². The maximum absolute atomic E-state index is 12.1. The molecule has 41 heavy (non-hydrogen) atoms. The Morgan fingerprint density at radius 1 is 0.561 bits per heavy atom. The topological polar surface area (TPSA) is 72.8 Å². The van der Waals surface area contributed by atoms with Crippen LogP contribution in [0.4, 0.5) is 0 Å². The number of allylic oxidation sites excluding steroid dienone is 4. The monoisotopic (exact) mass is 578 g/mol. The lowest BCUT2D eigenvalue weighted by Crippen LogP contribution is -2.28. The van der Waals surface area contributed by atoms with E-state index in [9.17, 15) is 14.7 Å². The number of carbonyl (C=O) groups is 2. The Labute approximate surface area is 253 Å². The van der Waals surface area contributed by atoms with Gasteiger partial charge in [-0.1, -0.05) is 141 Å². The SMILES string of the molecule is CCCCC/C=C/C/C=C/CCCCCCCC(=O)OC[C@H](CO)OC(=O)CCCCCCCCCCCCCC. The van der Waals surface area contributed by atoms with Crippen LogP contribution in [0.2, 0.25) is 0 Å². The van der Waals surface area contributed by atoms with Crippen LogP contribution in [-0.2, 0) is 19.1 Å². The van der Waals surface area contributed by atoms with Gasteiger partial charge in [0.05, 0.1) is 6.61 Å². The largest absolute Gasteiger partial charge is 0.462 e. The Morgan fingerprint density at radius 2 is 0.976 bits per heavy atom. The van der Waals surface area contributed by atoms with Crippen molar-refractivity contribution in [2.75, 3.05) is 13.2 Å². The number of esters is 2. The van der Waals surface area contributed by atoms with Crippen LogP contribution in [0.1, 0.15) is 174 Å². The summed E-state index contributed by atoms with van der Waals surface area (Å²) in [6, 6.07) is 0. The van der Waals surface area contributed by atoms with E-state index in [1.807, 2.05) is 0 Å². The lowest BCUT2D eigenvalue weighted by Gasteiger charge is -2.15. The van der Waals surface area contributed by atoms with Gasteiger partial charge < -0.3 is 14.6 Å². The third-order valence-electron chi connectivity index (χ3n) is 7.50. The molecule has 0 aromatic rings. The van der Waals surface area contributed by atoms with Crippen molar-refractivity contribution in [1.82, 2.24) is 0 Å². The molecule has 0 aliphatic carbocycles. The molecule has 0 unspecified atom stereocenters. The molecular formula is C36H66O5. The molecule has 0 spiro atoms. The van der Waals surface area contributed by atoms with Crippen LogP contribution < -0.4 is 0 Å².